The molecule has 86 valence electrons. The molecule has 0 aromatic carbocycles. The van der Waals surface area contributed by atoms with Crippen molar-refractivity contribution in [3.63, 3.8) is 0 Å². The van der Waals surface area contributed by atoms with Crippen molar-refractivity contribution in [3.05, 3.63) is 0 Å². The van der Waals surface area contributed by atoms with Gasteiger partial charge in [0, 0.05) is 11.3 Å². The Morgan fingerprint density at radius 3 is 2.50 bits per heavy atom. The van der Waals surface area contributed by atoms with Crippen LogP contribution in [0.1, 0.15) is 27.2 Å². The van der Waals surface area contributed by atoms with Crippen molar-refractivity contribution in [2.45, 2.75) is 38.5 Å². The van der Waals surface area contributed by atoms with Crippen molar-refractivity contribution in [3.8, 4) is 0 Å². The minimum absolute atomic E-state index is 0. The number of nitrogens with two attached hydrogens (primary N) is 1. The van der Waals surface area contributed by atoms with Crippen LogP contribution >= 0.6 is 35.7 Å². The van der Waals surface area contributed by atoms with Gasteiger partial charge in [-0.1, -0.05) is 13.8 Å². The van der Waals surface area contributed by atoms with E-state index >= 15 is 0 Å². The van der Waals surface area contributed by atoms with Gasteiger partial charge in [-0.15, -0.1) is 24.0 Å². The highest BCUT2D eigenvalue weighted by Crippen LogP contribution is 2.04. The summed E-state index contributed by atoms with van der Waals surface area (Å²) in [5.41, 5.74) is 5.68. The van der Waals surface area contributed by atoms with Crippen LogP contribution in [0.25, 0.3) is 0 Å². The maximum absolute atomic E-state index is 5.68. The summed E-state index contributed by atoms with van der Waals surface area (Å²) in [7, 11) is 0. The number of nitrogens with zero attached hydrogens (tertiary/aromatic N) is 1. The van der Waals surface area contributed by atoms with E-state index in [4.69, 9.17) is 5.73 Å². The Morgan fingerprint density at radius 1 is 1.50 bits per heavy atom. The lowest BCUT2D eigenvalue weighted by molar-refractivity contribution is 0.636. The fourth-order valence-corrected chi connectivity index (χ4v) is 0.925. The standard InChI is InChI=1S/C9H21N3S.HI/c1-5-7(2)12-9(10)11-6-8(3)13-4;/h7-8H,5-6H2,1-4H3,(H3,10,11,12);1H. The van der Waals surface area contributed by atoms with E-state index in [-0.39, 0.29) is 24.0 Å². The summed E-state index contributed by atoms with van der Waals surface area (Å²) in [6.45, 7) is 7.15. The van der Waals surface area contributed by atoms with E-state index in [0.29, 0.717) is 17.3 Å². The second kappa shape index (κ2) is 9.89. The molecular formula is C9H22IN3S. The lowest BCUT2D eigenvalue weighted by atomic mass is 10.3. The van der Waals surface area contributed by atoms with Crippen LogP contribution in [0.3, 0.4) is 0 Å². The van der Waals surface area contributed by atoms with E-state index < -0.39 is 0 Å². The molecule has 5 heteroatoms. The molecule has 0 saturated carbocycles. The molecule has 0 aromatic heterocycles. The summed E-state index contributed by atoms with van der Waals surface area (Å²) in [5.74, 6) is 0.565. The van der Waals surface area contributed by atoms with Crippen molar-refractivity contribution in [2.75, 3.05) is 12.8 Å². The molecule has 3 N–H and O–H groups in total. The Morgan fingerprint density at radius 2 is 2.07 bits per heavy atom. The predicted octanol–water partition coefficient (Wildman–Crippen LogP) is 2.06. The second-order valence-corrected chi connectivity index (χ2v) is 4.50. The Bertz CT molecular complexity index is 164. The van der Waals surface area contributed by atoms with Crippen LogP contribution in [-0.4, -0.2) is 30.1 Å². The lowest BCUT2D eigenvalue weighted by Gasteiger charge is -2.12. The van der Waals surface area contributed by atoms with Crippen LogP contribution < -0.4 is 11.1 Å². The van der Waals surface area contributed by atoms with Crippen molar-refractivity contribution in [2.24, 2.45) is 10.7 Å². The highest BCUT2D eigenvalue weighted by molar-refractivity contribution is 14.0. The first-order valence-electron chi connectivity index (χ1n) is 4.69. The monoisotopic (exact) mass is 331 g/mol. The summed E-state index contributed by atoms with van der Waals surface area (Å²) < 4.78 is 0. The normalized spacial score (nSPS) is 15.6. The third-order valence-corrected chi connectivity index (χ3v) is 2.88. The van der Waals surface area contributed by atoms with E-state index in [9.17, 15) is 0 Å². The summed E-state index contributed by atoms with van der Waals surface area (Å²) in [4.78, 5) is 4.25. The molecule has 0 fully saturated rings. The molecule has 0 aliphatic carbocycles. The molecular weight excluding hydrogens is 309 g/mol. The third-order valence-electron chi connectivity index (χ3n) is 1.93. The molecule has 14 heavy (non-hydrogen) atoms. The quantitative estimate of drug-likeness (QED) is 0.461. The predicted molar refractivity (Wildman–Crippen MR) is 77.8 cm³/mol. The fourth-order valence-electron chi connectivity index (χ4n) is 0.702. The fraction of sp³-hybridized carbons (Fsp3) is 0.889. The average molecular weight is 331 g/mol. The third kappa shape index (κ3) is 8.93. The zero-order valence-electron chi connectivity index (χ0n) is 9.41. The Labute approximate surface area is 109 Å². The van der Waals surface area contributed by atoms with Crippen molar-refractivity contribution in [1.29, 1.82) is 0 Å². The summed E-state index contributed by atoms with van der Waals surface area (Å²) in [6.07, 6.45) is 3.15. The topological polar surface area (TPSA) is 50.4 Å². The van der Waals surface area contributed by atoms with E-state index in [1.807, 2.05) is 0 Å². The molecule has 0 amide bonds. The Kier molecular flexibility index (Phi) is 11.8. The molecule has 0 bridgehead atoms. The number of hydrogen-bond donors (Lipinski definition) is 2. The van der Waals surface area contributed by atoms with E-state index in [0.717, 1.165) is 13.0 Å². The van der Waals surface area contributed by atoms with Gasteiger partial charge in [0.1, 0.15) is 0 Å². The highest BCUT2D eigenvalue weighted by atomic mass is 127. The largest absolute Gasteiger partial charge is 0.370 e. The lowest BCUT2D eigenvalue weighted by Crippen LogP contribution is -2.38. The van der Waals surface area contributed by atoms with E-state index in [1.165, 1.54) is 0 Å². The zero-order chi connectivity index (χ0) is 10.3. The number of halogens is 1. The van der Waals surface area contributed by atoms with Gasteiger partial charge in [0.25, 0.3) is 0 Å². The van der Waals surface area contributed by atoms with Crippen molar-refractivity contribution >= 4 is 41.7 Å². The molecule has 0 rings (SSSR count). The number of guanidine groups is 1. The van der Waals surface area contributed by atoms with Gasteiger partial charge in [-0.3, -0.25) is 4.99 Å². The number of thioether (sulfide) groups is 1. The van der Waals surface area contributed by atoms with Gasteiger partial charge >= 0.3 is 0 Å². The van der Waals surface area contributed by atoms with E-state index in [1.54, 1.807) is 11.8 Å². The van der Waals surface area contributed by atoms with Crippen LogP contribution in [0, 0.1) is 0 Å². The molecule has 0 radical (unpaired) electrons. The number of nitrogens with one attached hydrogen (secondary N) is 1. The SMILES string of the molecule is CCC(C)NC(N)=NCC(C)SC.I. The van der Waals surface area contributed by atoms with Crippen LogP contribution in [0.2, 0.25) is 0 Å². The molecule has 0 saturated heterocycles. The minimum Gasteiger partial charge on any atom is -0.370 e. The molecule has 0 aromatic rings. The van der Waals surface area contributed by atoms with Gasteiger partial charge in [-0.2, -0.15) is 11.8 Å². The number of hydrogen-bond acceptors (Lipinski definition) is 2. The molecule has 0 heterocycles. The van der Waals surface area contributed by atoms with Gasteiger partial charge in [-0.05, 0) is 19.6 Å². The first-order chi connectivity index (χ1) is 6.10. The number of rotatable bonds is 5. The van der Waals surface area contributed by atoms with Crippen molar-refractivity contribution in [1.82, 2.24) is 5.32 Å². The average Bonchev–Trinajstić information content (AvgIpc) is 2.13. The molecule has 0 spiro atoms. The van der Waals surface area contributed by atoms with Crippen LogP contribution in [-0.2, 0) is 0 Å². The first kappa shape index (κ1) is 16.8. The van der Waals surface area contributed by atoms with Gasteiger partial charge in [-0.25, -0.2) is 0 Å². The smallest absolute Gasteiger partial charge is 0.188 e. The van der Waals surface area contributed by atoms with Crippen LogP contribution in [0.15, 0.2) is 4.99 Å². The minimum atomic E-state index is 0. The molecule has 2 atom stereocenters. The first-order valence-corrected chi connectivity index (χ1v) is 5.98. The Balaban J connectivity index is 0. The number of aliphatic imine (C=N–C) groups is 1. The Hall–Kier alpha value is 0.350. The highest BCUT2D eigenvalue weighted by Gasteiger charge is 2.00. The van der Waals surface area contributed by atoms with Gasteiger partial charge < -0.3 is 11.1 Å². The van der Waals surface area contributed by atoms with Gasteiger partial charge in [0.2, 0.25) is 0 Å². The summed E-state index contributed by atoms with van der Waals surface area (Å²) in [6, 6.07) is 0.410. The van der Waals surface area contributed by atoms with Gasteiger partial charge in [0.15, 0.2) is 5.96 Å². The summed E-state index contributed by atoms with van der Waals surface area (Å²) in [5, 5.41) is 3.67. The maximum atomic E-state index is 5.68. The second-order valence-electron chi connectivity index (χ2n) is 3.23. The van der Waals surface area contributed by atoms with E-state index in [2.05, 4.69) is 37.3 Å². The molecule has 0 aliphatic rings. The van der Waals surface area contributed by atoms with Crippen LogP contribution in [0.4, 0.5) is 0 Å². The molecule has 3 nitrogen and oxygen atoms in total. The molecule has 0 aliphatic heterocycles. The maximum Gasteiger partial charge on any atom is 0.188 e. The van der Waals surface area contributed by atoms with Gasteiger partial charge in [0.05, 0.1) is 6.54 Å². The molecule has 2 unspecified atom stereocenters. The zero-order valence-corrected chi connectivity index (χ0v) is 12.6. The van der Waals surface area contributed by atoms with Crippen molar-refractivity contribution < 1.29 is 0 Å². The summed E-state index contributed by atoms with van der Waals surface area (Å²) >= 11 is 1.80. The van der Waals surface area contributed by atoms with Crippen LogP contribution in [0.5, 0.6) is 0 Å².